The lowest BCUT2D eigenvalue weighted by atomic mass is 9.92. The second-order valence-corrected chi connectivity index (χ2v) is 6.11. The Morgan fingerprint density at radius 1 is 1.00 bits per heavy atom. The molecule has 0 spiro atoms. The number of carbonyl (C=O) groups is 1. The van der Waals surface area contributed by atoms with Gasteiger partial charge in [-0.1, -0.05) is 36.4 Å². The second kappa shape index (κ2) is 4.19. The van der Waals surface area contributed by atoms with Crippen molar-refractivity contribution in [3.63, 3.8) is 0 Å². The van der Waals surface area contributed by atoms with E-state index in [0.717, 1.165) is 17.1 Å². The summed E-state index contributed by atoms with van der Waals surface area (Å²) in [6.07, 6.45) is 9.62. The molecule has 0 amide bonds. The summed E-state index contributed by atoms with van der Waals surface area (Å²) in [4.78, 5) is 12.7. The summed E-state index contributed by atoms with van der Waals surface area (Å²) in [5, 5.41) is 0. The molecule has 1 atom stereocenters. The number of hydrogen-bond donors (Lipinski definition) is 0. The summed E-state index contributed by atoms with van der Waals surface area (Å²) < 4.78 is 0. The normalized spacial score (nSPS) is 28.8. The van der Waals surface area contributed by atoms with Gasteiger partial charge in [0.25, 0.3) is 0 Å². The molecule has 19 heavy (non-hydrogen) atoms. The molecule has 0 aliphatic heterocycles. The molecule has 1 heteroatoms. The molecule has 4 rings (SSSR count). The highest BCUT2D eigenvalue weighted by atomic mass is 16.1. The molecule has 0 radical (unpaired) electrons. The zero-order valence-corrected chi connectivity index (χ0v) is 11.0. The van der Waals surface area contributed by atoms with Gasteiger partial charge in [0.2, 0.25) is 0 Å². The molecule has 0 N–H and O–H groups in total. The average molecular weight is 250 g/mol. The van der Waals surface area contributed by atoms with Gasteiger partial charge in [-0.25, -0.2) is 0 Å². The summed E-state index contributed by atoms with van der Waals surface area (Å²) in [6.45, 7) is 0. The van der Waals surface area contributed by atoms with Gasteiger partial charge < -0.3 is 0 Å². The van der Waals surface area contributed by atoms with Crippen LogP contribution in [0.5, 0.6) is 0 Å². The van der Waals surface area contributed by atoms with E-state index in [4.69, 9.17) is 0 Å². The molecule has 0 bridgehead atoms. The fraction of sp³-hybridized carbons (Fsp3) is 0.389. The fourth-order valence-corrected chi connectivity index (χ4v) is 3.09. The third kappa shape index (κ3) is 2.07. The Kier molecular flexibility index (Phi) is 2.48. The first-order chi connectivity index (χ1) is 9.33. The lowest BCUT2D eigenvalue weighted by Gasteiger charge is -2.10. The molecule has 2 saturated carbocycles. The SMILES string of the molecule is O=C1C(c2ccccc2)=C/C(=C\C2CC2)C1C1CC1. The maximum Gasteiger partial charge on any atom is 0.171 e. The Balaban J connectivity index is 1.72. The minimum absolute atomic E-state index is 0.177. The molecule has 96 valence electrons. The number of allylic oxidation sites excluding steroid dienone is 4. The largest absolute Gasteiger partial charge is 0.293 e. The van der Waals surface area contributed by atoms with Crippen molar-refractivity contribution in [2.45, 2.75) is 25.7 Å². The number of Topliss-reactive ketones (excluding diaryl/α,β-unsaturated/α-hetero) is 1. The zero-order valence-electron chi connectivity index (χ0n) is 11.0. The van der Waals surface area contributed by atoms with E-state index in [9.17, 15) is 4.79 Å². The van der Waals surface area contributed by atoms with Crippen molar-refractivity contribution >= 4 is 11.4 Å². The second-order valence-electron chi connectivity index (χ2n) is 6.11. The molecule has 0 heterocycles. The lowest BCUT2D eigenvalue weighted by molar-refractivity contribution is -0.116. The molecule has 1 aromatic carbocycles. The van der Waals surface area contributed by atoms with Crippen molar-refractivity contribution in [2.24, 2.45) is 17.8 Å². The highest BCUT2D eigenvalue weighted by Gasteiger charge is 2.43. The summed E-state index contributed by atoms with van der Waals surface area (Å²) in [5.41, 5.74) is 3.33. The number of benzene rings is 1. The minimum Gasteiger partial charge on any atom is -0.293 e. The van der Waals surface area contributed by atoms with Gasteiger partial charge >= 0.3 is 0 Å². The van der Waals surface area contributed by atoms with Crippen molar-refractivity contribution in [2.75, 3.05) is 0 Å². The van der Waals surface area contributed by atoms with Crippen LogP contribution in [0.4, 0.5) is 0 Å². The summed E-state index contributed by atoms with van der Waals surface area (Å²) in [7, 11) is 0. The van der Waals surface area contributed by atoms with Crippen LogP contribution in [0.3, 0.4) is 0 Å². The minimum atomic E-state index is 0.177. The van der Waals surface area contributed by atoms with Crippen LogP contribution in [0.15, 0.2) is 48.1 Å². The third-order valence-corrected chi connectivity index (χ3v) is 4.45. The van der Waals surface area contributed by atoms with E-state index in [0.29, 0.717) is 11.7 Å². The van der Waals surface area contributed by atoms with Crippen molar-refractivity contribution in [3.8, 4) is 0 Å². The first-order valence-corrected chi connectivity index (χ1v) is 7.36. The van der Waals surface area contributed by atoms with Gasteiger partial charge in [-0.2, -0.15) is 0 Å². The van der Waals surface area contributed by atoms with Crippen molar-refractivity contribution in [1.82, 2.24) is 0 Å². The number of carbonyl (C=O) groups excluding carboxylic acids is 1. The van der Waals surface area contributed by atoms with Crippen LogP contribution in [0.25, 0.3) is 5.57 Å². The monoisotopic (exact) mass is 250 g/mol. The Hall–Kier alpha value is -1.63. The molecule has 0 aromatic heterocycles. The molecular weight excluding hydrogens is 232 g/mol. The van der Waals surface area contributed by atoms with Gasteiger partial charge in [0.1, 0.15) is 0 Å². The topological polar surface area (TPSA) is 17.1 Å². The van der Waals surface area contributed by atoms with Crippen LogP contribution < -0.4 is 0 Å². The van der Waals surface area contributed by atoms with Gasteiger partial charge in [0.05, 0.1) is 0 Å². The summed E-state index contributed by atoms with van der Waals surface area (Å²) >= 11 is 0. The number of hydrogen-bond acceptors (Lipinski definition) is 1. The van der Waals surface area contributed by atoms with Crippen LogP contribution >= 0.6 is 0 Å². The molecule has 2 fully saturated rings. The maximum absolute atomic E-state index is 12.7. The van der Waals surface area contributed by atoms with Crippen LogP contribution in [-0.4, -0.2) is 5.78 Å². The lowest BCUT2D eigenvalue weighted by Crippen LogP contribution is -2.13. The predicted molar refractivity (Wildman–Crippen MR) is 76.4 cm³/mol. The predicted octanol–water partition coefficient (Wildman–Crippen LogP) is 4.02. The van der Waals surface area contributed by atoms with Gasteiger partial charge in [-0.15, -0.1) is 0 Å². The molecule has 1 nitrogen and oxygen atoms in total. The standard InChI is InChI=1S/C18H18O/c19-18-16(13-4-2-1-3-5-13)11-15(10-12-6-7-12)17(18)14-8-9-14/h1-5,10-12,14,17H,6-9H2/b15-10+. The molecule has 3 aliphatic rings. The van der Waals surface area contributed by atoms with Gasteiger partial charge in [-0.05, 0) is 54.7 Å². The first kappa shape index (κ1) is 11.2. The van der Waals surface area contributed by atoms with E-state index in [2.05, 4.69) is 12.2 Å². The van der Waals surface area contributed by atoms with E-state index >= 15 is 0 Å². The van der Waals surface area contributed by atoms with Crippen LogP contribution in [0.2, 0.25) is 0 Å². The first-order valence-electron chi connectivity index (χ1n) is 7.36. The van der Waals surface area contributed by atoms with Crippen molar-refractivity contribution in [1.29, 1.82) is 0 Å². The van der Waals surface area contributed by atoms with E-state index in [1.165, 1.54) is 31.3 Å². The molecule has 0 saturated heterocycles. The Bertz CT molecular complexity index is 571. The van der Waals surface area contributed by atoms with E-state index in [1.54, 1.807) is 0 Å². The van der Waals surface area contributed by atoms with Crippen LogP contribution in [0, 0.1) is 17.8 Å². The third-order valence-electron chi connectivity index (χ3n) is 4.45. The molecule has 3 aliphatic carbocycles. The van der Waals surface area contributed by atoms with Crippen LogP contribution in [0.1, 0.15) is 31.2 Å². The van der Waals surface area contributed by atoms with Gasteiger partial charge in [0.15, 0.2) is 5.78 Å². The average Bonchev–Trinajstić information content (AvgIpc) is 3.32. The van der Waals surface area contributed by atoms with Crippen molar-refractivity contribution < 1.29 is 4.79 Å². The summed E-state index contributed by atoms with van der Waals surface area (Å²) in [5.74, 6) is 1.90. The molecule has 1 unspecified atom stereocenters. The maximum atomic E-state index is 12.7. The van der Waals surface area contributed by atoms with Gasteiger partial charge in [-0.3, -0.25) is 4.79 Å². The smallest absolute Gasteiger partial charge is 0.171 e. The highest BCUT2D eigenvalue weighted by Crippen LogP contribution is 2.48. The van der Waals surface area contributed by atoms with Crippen molar-refractivity contribution in [3.05, 3.63) is 53.6 Å². The van der Waals surface area contributed by atoms with E-state index in [-0.39, 0.29) is 5.92 Å². The van der Waals surface area contributed by atoms with Crippen LogP contribution in [-0.2, 0) is 4.79 Å². The Labute approximate surface area is 114 Å². The summed E-state index contributed by atoms with van der Waals surface area (Å²) in [6, 6.07) is 10.1. The fourth-order valence-electron chi connectivity index (χ4n) is 3.09. The number of rotatable bonds is 3. The highest BCUT2D eigenvalue weighted by molar-refractivity contribution is 6.26. The van der Waals surface area contributed by atoms with E-state index < -0.39 is 0 Å². The Morgan fingerprint density at radius 2 is 1.74 bits per heavy atom. The Morgan fingerprint density at radius 3 is 2.37 bits per heavy atom. The zero-order chi connectivity index (χ0) is 12.8. The number of ketones is 1. The van der Waals surface area contributed by atoms with Gasteiger partial charge in [0, 0.05) is 11.5 Å². The van der Waals surface area contributed by atoms with E-state index in [1.807, 2.05) is 30.3 Å². The quantitative estimate of drug-likeness (QED) is 0.792. The molecular formula is C18H18O. The molecule has 1 aromatic rings.